The summed E-state index contributed by atoms with van der Waals surface area (Å²) < 4.78 is 0.316. The van der Waals surface area contributed by atoms with Gasteiger partial charge in [-0.15, -0.1) is 0 Å². The van der Waals surface area contributed by atoms with E-state index in [1.165, 1.54) is 4.90 Å². The van der Waals surface area contributed by atoms with Gasteiger partial charge in [-0.1, -0.05) is 66.4 Å². The number of benzene rings is 2. The molecule has 2 N–H and O–H groups in total. The second kappa shape index (κ2) is 7.72. The van der Waals surface area contributed by atoms with Crippen molar-refractivity contribution in [3.05, 3.63) is 70.6 Å². The molecule has 0 spiro atoms. The van der Waals surface area contributed by atoms with E-state index in [9.17, 15) is 19.8 Å². The fraction of sp³-hybridized carbons (Fsp3) is 0.105. The largest absolute Gasteiger partial charge is 0.508 e. The molecule has 132 valence electrons. The van der Waals surface area contributed by atoms with Crippen LogP contribution in [-0.4, -0.2) is 31.3 Å². The van der Waals surface area contributed by atoms with E-state index in [-0.39, 0.29) is 18.1 Å². The van der Waals surface area contributed by atoms with Gasteiger partial charge in [0.15, 0.2) is 0 Å². The predicted molar refractivity (Wildman–Crippen MR) is 105 cm³/mol. The van der Waals surface area contributed by atoms with Gasteiger partial charge in [0.25, 0.3) is 5.91 Å². The topological polar surface area (TPSA) is 77.8 Å². The molecule has 1 amide bonds. The monoisotopic (exact) mass is 385 g/mol. The van der Waals surface area contributed by atoms with Gasteiger partial charge in [0.05, 0.1) is 17.4 Å². The highest BCUT2D eigenvalue weighted by molar-refractivity contribution is 8.26. The number of phenols is 1. The zero-order valence-corrected chi connectivity index (χ0v) is 15.2. The molecule has 2 aromatic rings. The molecule has 1 aliphatic heterocycles. The van der Waals surface area contributed by atoms with Gasteiger partial charge in [-0.25, -0.2) is 0 Å². The number of nitrogens with zero attached hydrogens (tertiary/aromatic N) is 1. The minimum atomic E-state index is -1.01. The van der Waals surface area contributed by atoms with Crippen LogP contribution < -0.4 is 0 Å². The molecule has 0 radical (unpaired) electrons. The lowest BCUT2D eigenvalue weighted by Gasteiger charge is -2.26. The van der Waals surface area contributed by atoms with Crippen molar-refractivity contribution in [2.24, 2.45) is 0 Å². The second-order valence-electron chi connectivity index (χ2n) is 5.67. The first-order chi connectivity index (χ1) is 12.5. The summed E-state index contributed by atoms with van der Waals surface area (Å²) in [6, 6.07) is 14.8. The molecule has 1 aliphatic rings. The van der Waals surface area contributed by atoms with E-state index in [0.29, 0.717) is 20.4 Å². The number of aromatic hydroxyl groups is 1. The van der Waals surface area contributed by atoms with Gasteiger partial charge < -0.3 is 10.2 Å². The number of amides is 1. The highest BCUT2D eigenvalue weighted by Gasteiger charge is 2.38. The Labute approximate surface area is 160 Å². The first-order valence-electron chi connectivity index (χ1n) is 7.78. The van der Waals surface area contributed by atoms with Crippen LogP contribution >= 0.6 is 24.0 Å². The molecule has 2 aromatic carbocycles. The van der Waals surface area contributed by atoms with E-state index in [0.717, 1.165) is 11.8 Å². The lowest BCUT2D eigenvalue weighted by molar-refractivity contribution is -0.138. The summed E-state index contributed by atoms with van der Waals surface area (Å²) in [6.07, 6.45) is 1.40. The summed E-state index contributed by atoms with van der Waals surface area (Å²) in [5, 5.41) is 18.8. The van der Waals surface area contributed by atoms with Crippen molar-refractivity contribution in [2.75, 3.05) is 0 Å². The highest BCUT2D eigenvalue weighted by atomic mass is 32.2. The predicted octanol–water partition coefficient (Wildman–Crippen LogP) is 3.81. The molecule has 0 bridgehead atoms. The van der Waals surface area contributed by atoms with E-state index in [1.807, 2.05) is 6.07 Å². The zero-order valence-electron chi connectivity index (χ0n) is 13.5. The first-order valence-corrected chi connectivity index (χ1v) is 9.01. The minimum absolute atomic E-state index is 0.0993. The number of hydrogen-bond donors (Lipinski definition) is 2. The Morgan fingerprint density at radius 3 is 2.58 bits per heavy atom. The summed E-state index contributed by atoms with van der Waals surface area (Å²) >= 11 is 6.48. The lowest BCUT2D eigenvalue weighted by Crippen LogP contribution is -2.34. The smallest absolute Gasteiger partial charge is 0.305 e. The lowest BCUT2D eigenvalue weighted by atomic mass is 10.0. The Morgan fingerprint density at radius 2 is 1.92 bits per heavy atom. The molecule has 0 unspecified atom stereocenters. The van der Waals surface area contributed by atoms with Crippen LogP contribution in [0.25, 0.3) is 6.08 Å². The number of thiocarbonyl (C=S) groups is 1. The third kappa shape index (κ3) is 3.95. The number of carboxylic acid groups (broad SMARTS) is 1. The van der Waals surface area contributed by atoms with Gasteiger partial charge in [0, 0.05) is 0 Å². The first kappa shape index (κ1) is 18.2. The Hall–Kier alpha value is -2.64. The molecule has 0 saturated carbocycles. The maximum atomic E-state index is 12.9. The summed E-state index contributed by atoms with van der Waals surface area (Å²) in [6.45, 7) is 0. The molecule has 1 saturated heterocycles. The normalized spacial score (nSPS) is 16.9. The van der Waals surface area contributed by atoms with Gasteiger partial charge in [-0.05, 0) is 29.3 Å². The SMILES string of the molecule is O=C(O)C[C@H](c1ccccc1)N1C(=O)/C(=C\c2cccc(O)c2)SC1=S. The molecule has 7 heteroatoms. The number of carbonyl (C=O) groups is 2. The van der Waals surface area contributed by atoms with Crippen LogP contribution in [0.2, 0.25) is 0 Å². The molecule has 0 aromatic heterocycles. The van der Waals surface area contributed by atoms with Gasteiger partial charge in [0.1, 0.15) is 10.1 Å². The maximum Gasteiger partial charge on any atom is 0.305 e. The van der Waals surface area contributed by atoms with Crippen molar-refractivity contribution in [2.45, 2.75) is 12.5 Å². The standard InChI is InChI=1S/C19H15NO4S2/c21-14-8-4-5-12(9-14)10-16-18(24)20(19(25)26-16)15(11-17(22)23)13-6-2-1-3-7-13/h1-10,15,21H,11H2,(H,22,23)/b16-10+/t15-/m1/s1. The van der Waals surface area contributed by atoms with Crippen molar-refractivity contribution in [1.82, 2.24) is 4.90 Å². The third-order valence-electron chi connectivity index (χ3n) is 3.86. The average Bonchev–Trinajstić information content (AvgIpc) is 2.87. The van der Waals surface area contributed by atoms with Crippen molar-refractivity contribution < 1.29 is 19.8 Å². The molecule has 1 heterocycles. The fourth-order valence-corrected chi connectivity index (χ4v) is 4.07. The molecule has 0 aliphatic carbocycles. The third-order valence-corrected chi connectivity index (χ3v) is 5.19. The molecule has 26 heavy (non-hydrogen) atoms. The number of carbonyl (C=O) groups excluding carboxylic acids is 1. The van der Waals surface area contributed by atoms with E-state index in [1.54, 1.807) is 54.6 Å². The number of hydrogen-bond acceptors (Lipinski definition) is 5. The number of phenolic OH excluding ortho intramolecular Hbond substituents is 1. The van der Waals surface area contributed by atoms with E-state index < -0.39 is 12.0 Å². The molecule has 3 rings (SSSR count). The van der Waals surface area contributed by atoms with Crippen molar-refractivity contribution in [3.63, 3.8) is 0 Å². The van der Waals surface area contributed by atoms with E-state index in [4.69, 9.17) is 12.2 Å². The van der Waals surface area contributed by atoms with E-state index in [2.05, 4.69) is 0 Å². The van der Waals surface area contributed by atoms with Crippen molar-refractivity contribution >= 4 is 46.3 Å². The minimum Gasteiger partial charge on any atom is -0.508 e. The quantitative estimate of drug-likeness (QED) is 0.602. The number of rotatable bonds is 5. The molecule has 1 atom stereocenters. The number of carboxylic acids is 1. The molecule has 1 fully saturated rings. The molecule has 5 nitrogen and oxygen atoms in total. The molecular formula is C19H15NO4S2. The second-order valence-corrected chi connectivity index (χ2v) is 7.35. The van der Waals surface area contributed by atoms with Gasteiger partial charge in [-0.2, -0.15) is 0 Å². The Bertz CT molecular complexity index is 895. The zero-order chi connectivity index (χ0) is 18.7. The number of aliphatic carboxylic acids is 1. The van der Waals surface area contributed by atoms with Crippen LogP contribution in [0.3, 0.4) is 0 Å². The Kier molecular flexibility index (Phi) is 5.39. The van der Waals surface area contributed by atoms with Crippen molar-refractivity contribution in [1.29, 1.82) is 0 Å². The Morgan fingerprint density at radius 1 is 1.19 bits per heavy atom. The summed E-state index contributed by atoms with van der Waals surface area (Å²) in [4.78, 5) is 26.0. The molecular weight excluding hydrogens is 370 g/mol. The van der Waals surface area contributed by atoms with Crippen LogP contribution in [0.4, 0.5) is 0 Å². The van der Waals surface area contributed by atoms with Gasteiger partial charge in [0.2, 0.25) is 0 Å². The summed E-state index contributed by atoms with van der Waals surface area (Å²) in [5.41, 5.74) is 1.38. The van der Waals surface area contributed by atoms with Gasteiger partial charge >= 0.3 is 5.97 Å². The van der Waals surface area contributed by atoms with Crippen LogP contribution in [0, 0.1) is 0 Å². The average molecular weight is 385 g/mol. The fourth-order valence-electron chi connectivity index (χ4n) is 2.71. The summed E-state index contributed by atoms with van der Waals surface area (Å²) in [7, 11) is 0. The Balaban J connectivity index is 1.95. The van der Waals surface area contributed by atoms with Gasteiger partial charge in [-0.3, -0.25) is 14.5 Å². The van der Waals surface area contributed by atoms with Crippen molar-refractivity contribution in [3.8, 4) is 5.75 Å². The van der Waals surface area contributed by atoms with Crippen LogP contribution in [-0.2, 0) is 9.59 Å². The van der Waals surface area contributed by atoms with E-state index >= 15 is 0 Å². The highest BCUT2D eigenvalue weighted by Crippen LogP contribution is 2.39. The van der Waals surface area contributed by atoms with Crippen LogP contribution in [0.5, 0.6) is 5.75 Å². The van der Waals surface area contributed by atoms with Crippen LogP contribution in [0.15, 0.2) is 59.5 Å². The summed E-state index contributed by atoms with van der Waals surface area (Å²) in [5.74, 6) is -1.24. The number of thioether (sulfide) groups is 1. The van der Waals surface area contributed by atoms with Crippen LogP contribution in [0.1, 0.15) is 23.6 Å². The maximum absolute atomic E-state index is 12.9.